The van der Waals surface area contributed by atoms with Crippen molar-refractivity contribution in [3.05, 3.63) is 83.8 Å². The lowest BCUT2D eigenvalue weighted by Crippen LogP contribution is -2.31. The smallest absolute Gasteiger partial charge is 0.467 e. The number of aryl methyl sites for hydroxylation is 1. The lowest BCUT2D eigenvalue weighted by molar-refractivity contribution is -0.0610. The first kappa shape index (κ1) is 21.0. The first-order valence-corrected chi connectivity index (χ1v) is 11.6. The monoisotopic (exact) mass is 460 g/mol. The van der Waals surface area contributed by atoms with Crippen molar-refractivity contribution in [2.75, 3.05) is 0 Å². The summed E-state index contributed by atoms with van der Waals surface area (Å²) in [5.41, 5.74) is -3.38. The molecule has 0 saturated heterocycles. The molecule has 0 amide bonds. The lowest BCUT2D eigenvalue weighted by atomic mass is 9.78. The van der Waals surface area contributed by atoms with Gasteiger partial charge in [0.2, 0.25) is 0 Å². The van der Waals surface area contributed by atoms with Crippen LogP contribution in [0.5, 0.6) is 0 Å². The van der Waals surface area contributed by atoms with Crippen LogP contribution in [-0.4, -0.2) is 13.9 Å². The predicted octanol–water partition coefficient (Wildman–Crippen LogP) is 6.30. The van der Waals surface area contributed by atoms with Gasteiger partial charge in [-0.05, 0) is 70.0 Å². The molecule has 0 fully saturated rings. The third kappa shape index (κ3) is 3.57. The van der Waals surface area contributed by atoms with Crippen molar-refractivity contribution in [1.82, 2.24) is 0 Å². The third-order valence-electron chi connectivity index (χ3n) is 6.15. The van der Waals surface area contributed by atoms with Crippen molar-refractivity contribution in [3.63, 3.8) is 0 Å². The topological polar surface area (TPSA) is 56.5 Å². The Hall–Kier alpha value is -2.84. The average molecular weight is 460 g/mol. The first-order chi connectivity index (χ1) is 15.2. The van der Waals surface area contributed by atoms with E-state index in [1.165, 1.54) is 18.4 Å². The summed E-state index contributed by atoms with van der Waals surface area (Å²) in [4.78, 5) is 0. The van der Waals surface area contributed by atoms with Gasteiger partial charge in [-0.3, -0.25) is 4.18 Å². The van der Waals surface area contributed by atoms with Gasteiger partial charge in [0.1, 0.15) is 11.9 Å². The van der Waals surface area contributed by atoms with Crippen LogP contribution in [0.4, 0.5) is 13.2 Å². The summed E-state index contributed by atoms with van der Waals surface area (Å²) in [7, 11) is -5.78. The fraction of sp³-hybridized carbons (Fsp3) is 0.250. The molecule has 3 aromatic carbocycles. The second-order valence-corrected chi connectivity index (χ2v) is 9.58. The molecule has 2 atom stereocenters. The normalized spacial score (nSPS) is 18.0. The maximum absolute atomic E-state index is 13.1. The second-order valence-electron chi connectivity index (χ2n) is 8.02. The largest absolute Gasteiger partial charge is 0.523 e. The number of hydrogen-bond donors (Lipinski definition) is 0. The van der Waals surface area contributed by atoms with Crippen molar-refractivity contribution < 1.29 is 30.2 Å². The van der Waals surface area contributed by atoms with Gasteiger partial charge >= 0.3 is 15.6 Å². The van der Waals surface area contributed by atoms with E-state index in [1.54, 1.807) is 0 Å². The van der Waals surface area contributed by atoms with Gasteiger partial charge in [0.05, 0.1) is 6.26 Å². The minimum Gasteiger partial charge on any atom is -0.467 e. The van der Waals surface area contributed by atoms with Crippen LogP contribution in [0.2, 0.25) is 0 Å². The standard InChI is InChI=1S/C24H19F3O4S/c25-24(26,27)32(28,29)31-23(22-6-3-13-30-22)17-8-7-16-10-11-19-18-5-2-1-4-15(18)9-12-20(19)21(16)14-17/h1-6,9-13,17,23H,7-8,14H2. The Morgan fingerprint density at radius 1 is 0.938 bits per heavy atom. The SMILES string of the molecule is O=S(=O)(OC(c1ccco1)C1CCc2ccc3c(ccc4ccccc43)c2C1)C(F)(F)F. The minimum atomic E-state index is -5.78. The van der Waals surface area contributed by atoms with Gasteiger partial charge in [0.25, 0.3) is 0 Å². The summed E-state index contributed by atoms with van der Waals surface area (Å²) in [6.07, 6.45) is 1.40. The van der Waals surface area contributed by atoms with Gasteiger partial charge in [0, 0.05) is 0 Å². The molecule has 166 valence electrons. The Morgan fingerprint density at radius 2 is 1.72 bits per heavy atom. The van der Waals surface area contributed by atoms with Crippen molar-refractivity contribution >= 4 is 31.7 Å². The van der Waals surface area contributed by atoms with Gasteiger partial charge in [0.15, 0.2) is 0 Å². The fourth-order valence-corrected chi connectivity index (χ4v) is 5.27. The van der Waals surface area contributed by atoms with Crippen molar-refractivity contribution in [2.45, 2.75) is 30.9 Å². The summed E-state index contributed by atoms with van der Waals surface area (Å²) in [5, 5.41) is 4.26. The van der Waals surface area contributed by atoms with Gasteiger partial charge in [-0.15, -0.1) is 0 Å². The molecule has 0 bridgehead atoms. The van der Waals surface area contributed by atoms with Crippen LogP contribution >= 0.6 is 0 Å². The molecule has 0 aliphatic heterocycles. The van der Waals surface area contributed by atoms with Gasteiger partial charge in [-0.1, -0.05) is 48.5 Å². The zero-order chi connectivity index (χ0) is 22.5. The highest BCUT2D eigenvalue weighted by Gasteiger charge is 2.50. The molecule has 1 aliphatic rings. The number of rotatable bonds is 4. The molecule has 5 rings (SSSR count). The number of hydrogen-bond acceptors (Lipinski definition) is 4. The van der Waals surface area contributed by atoms with E-state index in [-0.39, 0.29) is 5.76 Å². The van der Waals surface area contributed by atoms with E-state index in [4.69, 9.17) is 8.60 Å². The lowest BCUT2D eigenvalue weighted by Gasteiger charge is -2.31. The van der Waals surface area contributed by atoms with Crippen LogP contribution < -0.4 is 0 Å². The van der Waals surface area contributed by atoms with E-state index in [0.717, 1.165) is 32.7 Å². The van der Waals surface area contributed by atoms with Crippen molar-refractivity contribution in [1.29, 1.82) is 0 Å². The van der Waals surface area contributed by atoms with Crippen LogP contribution in [0.25, 0.3) is 21.5 Å². The molecule has 0 N–H and O–H groups in total. The van der Waals surface area contributed by atoms with E-state index in [0.29, 0.717) is 19.3 Å². The molecular weight excluding hydrogens is 441 g/mol. The molecule has 1 heterocycles. The fourth-order valence-electron chi connectivity index (χ4n) is 4.64. The maximum Gasteiger partial charge on any atom is 0.523 e. The van der Waals surface area contributed by atoms with E-state index >= 15 is 0 Å². The number of fused-ring (bicyclic) bond motifs is 5. The van der Waals surface area contributed by atoms with Crippen LogP contribution in [0.3, 0.4) is 0 Å². The molecule has 1 aromatic heterocycles. The molecule has 0 saturated carbocycles. The van der Waals surface area contributed by atoms with E-state index in [9.17, 15) is 21.6 Å². The predicted molar refractivity (Wildman–Crippen MR) is 114 cm³/mol. The Bertz CT molecular complexity index is 1390. The van der Waals surface area contributed by atoms with E-state index in [2.05, 4.69) is 12.1 Å². The number of furan rings is 1. The van der Waals surface area contributed by atoms with Crippen LogP contribution in [0, 0.1) is 5.92 Å². The summed E-state index contributed by atoms with van der Waals surface area (Å²) >= 11 is 0. The molecule has 1 aliphatic carbocycles. The summed E-state index contributed by atoms with van der Waals surface area (Å²) < 4.78 is 72.8. The molecule has 0 spiro atoms. The van der Waals surface area contributed by atoms with Crippen molar-refractivity contribution in [2.24, 2.45) is 5.92 Å². The highest BCUT2D eigenvalue weighted by Crippen LogP contribution is 2.42. The highest BCUT2D eigenvalue weighted by atomic mass is 32.2. The first-order valence-electron chi connectivity index (χ1n) is 10.2. The molecular formula is C24H19F3O4S. The summed E-state index contributed by atoms with van der Waals surface area (Å²) in [5.74, 6) is -0.431. The number of benzene rings is 3. The van der Waals surface area contributed by atoms with E-state index in [1.807, 2.05) is 36.4 Å². The van der Waals surface area contributed by atoms with E-state index < -0.39 is 27.6 Å². The summed E-state index contributed by atoms with van der Waals surface area (Å²) in [6, 6.07) is 19.1. The Labute approximate surface area is 182 Å². The third-order valence-corrected chi connectivity index (χ3v) is 7.18. The second kappa shape index (κ2) is 7.64. The quantitative estimate of drug-likeness (QED) is 0.204. The highest BCUT2D eigenvalue weighted by molar-refractivity contribution is 7.87. The number of alkyl halides is 3. The molecule has 8 heteroatoms. The minimum absolute atomic E-state index is 0.0666. The molecule has 4 aromatic rings. The number of halogens is 3. The van der Waals surface area contributed by atoms with Gasteiger partial charge < -0.3 is 4.42 Å². The van der Waals surface area contributed by atoms with Crippen LogP contribution in [-0.2, 0) is 27.1 Å². The zero-order valence-electron chi connectivity index (χ0n) is 16.8. The molecule has 32 heavy (non-hydrogen) atoms. The van der Waals surface area contributed by atoms with Crippen LogP contribution in [0.15, 0.2) is 71.3 Å². The Morgan fingerprint density at radius 3 is 2.47 bits per heavy atom. The van der Waals surface area contributed by atoms with Crippen molar-refractivity contribution in [3.8, 4) is 0 Å². The zero-order valence-corrected chi connectivity index (χ0v) is 17.6. The average Bonchev–Trinajstić information content (AvgIpc) is 3.30. The van der Waals surface area contributed by atoms with Gasteiger partial charge in [-0.2, -0.15) is 21.6 Å². The molecule has 2 unspecified atom stereocenters. The maximum atomic E-state index is 13.1. The molecule has 0 radical (unpaired) electrons. The Balaban J connectivity index is 1.57. The molecule has 4 nitrogen and oxygen atoms in total. The Kier molecular flexibility index (Phi) is 5.02. The van der Waals surface area contributed by atoms with Gasteiger partial charge in [-0.25, -0.2) is 0 Å². The van der Waals surface area contributed by atoms with Crippen LogP contribution in [0.1, 0.15) is 29.4 Å². The summed E-state index contributed by atoms with van der Waals surface area (Å²) in [6.45, 7) is 0.